The minimum Gasteiger partial charge on any atom is -0.258 e. The lowest BCUT2D eigenvalue weighted by atomic mass is 10.0. The van der Waals surface area contributed by atoms with Crippen molar-refractivity contribution in [1.82, 2.24) is 8.75 Å². The first-order valence-electron chi connectivity index (χ1n) is 4.40. The second-order valence-electron chi connectivity index (χ2n) is 3.44. The molecule has 1 aromatic heterocycles. The number of hydrogen-bond donors (Lipinski definition) is 0. The van der Waals surface area contributed by atoms with Crippen LogP contribution in [0.4, 0.5) is 5.69 Å². The van der Waals surface area contributed by atoms with Gasteiger partial charge in [0, 0.05) is 5.56 Å². The van der Waals surface area contributed by atoms with Crippen molar-refractivity contribution < 1.29 is 4.92 Å². The zero-order valence-electron chi connectivity index (χ0n) is 8.57. The van der Waals surface area contributed by atoms with Crippen molar-refractivity contribution in [3.63, 3.8) is 0 Å². The molecule has 0 aliphatic carbocycles. The average molecular weight is 223 g/mol. The third kappa shape index (κ3) is 1.29. The van der Waals surface area contributed by atoms with Crippen LogP contribution >= 0.6 is 11.7 Å². The fourth-order valence-corrected chi connectivity index (χ4v) is 2.35. The van der Waals surface area contributed by atoms with Gasteiger partial charge in [0.15, 0.2) is 0 Å². The maximum absolute atomic E-state index is 10.9. The minimum absolute atomic E-state index is 0.160. The number of aromatic nitrogens is 2. The van der Waals surface area contributed by atoms with Gasteiger partial charge < -0.3 is 0 Å². The van der Waals surface area contributed by atoms with E-state index in [0.29, 0.717) is 16.6 Å². The standard InChI is InChI=1S/C9H9N3O2S/c1-4-5(2)9(12(13)14)6(3)8-7(4)10-15-11-8/h1-3H3. The van der Waals surface area contributed by atoms with E-state index in [9.17, 15) is 10.1 Å². The highest BCUT2D eigenvalue weighted by Gasteiger charge is 2.22. The van der Waals surface area contributed by atoms with Crippen LogP contribution in [0.3, 0.4) is 0 Å². The lowest BCUT2D eigenvalue weighted by molar-refractivity contribution is -0.385. The average Bonchev–Trinajstić information content (AvgIpc) is 2.62. The Hall–Kier alpha value is -1.56. The maximum Gasteiger partial charge on any atom is 0.277 e. The predicted molar refractivity (Wildman–Crippen MR) is 58.3 cm³/mol. The Morgan fingerprint density at radius 1 is 1.07 bits per heavy atom. The molecule has 0 aliphatic heterocycles. The topological polar surface area (TPSA) is 68.9 Å². The number of fused-ring (bicyclic) bond motifs is 1. The summed E-state index contributed by atoms with van der Waals surface area (Å²) in [6.45, 7) is 5.30. The van der Waals surface area contributed by atoms with Gasteiger partial charge in [-0.05, 0) is 26.3 Å². The van der Waals surface area contributed by atoms with Crippen molar-refractivity contribution in [3.05, 3.63) is 26.8 Å². The van der Waals surface area contributed by atoms with Crippen LogP contribution in [-0.2, 0) is 0 Å². The van der Waals surface area contributed by atoms with Gasteiger partial charge in [-0.2, -0.15) is 8.75 Å². The fraction of sp³-hybridized carbons (Fsp3) is 0.333. The number of aryl methyl sites for hydroxylation is 2. The van der Waals surface area contributed by atoms with Gasteiger partial charge in [-0.1, -0.05) is 0 Å². The smallest absolute Gasteiger partial charge is 0.258 e. The Balaban J connectivity index is 2.98. The zero-order valence-corrected chi connectivity index (χ0v) is 9.38. The lowest BCUT2D eigenvalue weighted by Gasteiger charge is -2.05. The van der Waals surface area contributed by atoms with E-state index >= 15 is 0 Å². The fourth-order valence-electron chi connectivity index (χ4n) is 1.70. The van der Waals surface area contributed by atoms with Gasteiger partial charge in [0.1, 0.15) is 11.0 Å². The highest BCUT2D eigenvalue weighted by Crippen LogP contribution is 2.32. The van der Waals surface area contributed by atoms with Crippen molar-refractivity contribution >= 4 is 28.4 Å². The molecule has 15 heavy (non-hydrogen) atoms. The highest BCUT2D eigenvalue weighted by molar-refractivity contribution is 7.00. The molecule has 0 N–H and O–H groups in total. The zero-order chi connectivity index (χ0) is 11.2. The summed E-state index contributed by atoms with van der Waals surface area (Å²) in [4.78, 5) is 10.6. The van der Waals surface area contributed by atoms with E-state index in [0.717, 1.165) is 22.8 Å². The van der Waals surface area contributed by atoms with Crippen LogP contribution < -0.4 is 0 Å². The summed E-state index contributed by atoms with van der Waals surface area (Å²) in [5.74, 6) is 0. The molecule has 0 aliphatic rings. The first kappa shape index (κ1) is 9.97. The van der Waals surface area contributed by atoms with Crippen LogP contribution in [0.15, 0.2) is 0 Å². The van der Waals surface area contributed by atoms with Gasteiger partial charge >= 0.3 is 0 Å². The molecule has 6 heteroatoms. The summed E-state index contributed by atoms with van der Waals surface area (Å²) in [6.07, 6.45) is 0. The number of hydrogen-bond acceptors (Lipinski definition) is 5. The molecule has 78 valence electrons. The van der Waals surface area contributed by atoms with Crippen LogP contribution in [0.25, 0.3) is 11.0 Å². The summed E-state index contributed by atoms with van der Waals surface area (Å²) in [5.41, 5.74) is 3.71. The molecule has 5 nitrogen and oxygen atoms in total. The molecule has 2 aromatic rings. The molecule has 0 bridgehead atoms. The van der Waals surface area contributed by atoms with Gasteiger partial charge in [0.05, 0.1) is 22.2 Å². The molecule has 0 unspecified atom stereocenters. The number of nitro benzene ring substituents is 1. The van der Waals surface area contributed by atoms with Crippen LogP contribution in [-0.4, -0.2) is 13.7 Å². The van der Waals surface area contributed by atoms with Gasteiger partial charge in [0.2, 0.25) is 0 Å². The predicted octanol–water partition coefficient (Wildman–Crippen LogP) is 2.52. The maximum atomic E-state index is 10.9. The van der Waals surface area contributed by atoms with Crippen LogP contribution in [0, 0.1) is 30.9 Å². The first-order valence-corrected chi connectivity index (χ1v) is 5.13. The molecule has 1 aromatic carbocycles. The molecule has 0 saturated heterocycles. The van der Waals surface area contributed by atoms with Gasteiger partial charge in [-0.15, -0.1) is 0 Å². The summed E-state index contributed by atoms with van der Waals surface area (Å²) in [7, 11) is 0. The van der Waals surface area contributed by atoms with Crippen molar-refractivity contribution in [3.8, 4) is 0 Å². The second-order valence-corrected chi connectivity index (χ2v) is 3.97. The van der Waals surface area contributed by atoms with Crippen molar-refractivity contribution in [2.24, 2.45) is 0 Å². The summed E-state index contributed by atoms with van der Waals surface area (Å²) >= 11 is 1.09. The summed E-state index contributed by atoms with van der Waals surface area (Å²) < 4.78 is 8.24. The lowest BCUT2D eigenvalue weighted by Crippen LogP contribution is -1.98. The molecule has 0 saturated carbocycles. The molecule has 0 amide bonds. The van der Waals surface area contributed by atoms with E-state index in [-0.39, 0.29) is 10.6 Å². The molecule has 0 radical (unpaired) electrons. The van der Waals surface area contributed by atoms with Crippen molar-refractivity contribution in [2.75, 3.05) is 0 Å². The normalized spacial score (nSPS) is 10.9. The highest BCUT2D eigenvalue weighted by atomic mass is 32.1. The van der Waals surface area contributed by atoms with E-state index in [1.165, 1.54) is 0 Å². The molecule has 0 spiro atoms. The molecule has 0 fully saturated rings. The first-order chi connectivity index (χ1) is 7.04. The molecular weight excluding hydrogens is 214 g/mol. The molecular formula is C9H9N3O2S. The second kappa shape index (κ2) is 3.23. The minimum atomic E-state index is -0.351. The third-order valence-corrected chi connectivity index (χ3v) is 3.18. The molecule has 0 atom stereocenters. The Morgan fingerprint density at radius 3 is 2.13 bits per heavy atom. The Kier molecular flexibility index (Phi) is 2.15. The van der Waals surface area contributed by atoms with E-state index in [2.05, 4.69) is 8.75 Å². The monoisotopic (exact) mass is 223 g/mol. The molecule has 1 heterocycles. The number of benzene rings is 1. The van der Waals surface area contributed by atoms with Crippen molar-refractivity contribution in [2.45, 2.75) is 20.8 Å². The van der Waals surface area contributed by atoms with Gasteiger partial charge in [0.25, 0.3) is 5.69 Å². The van der Waals surface area contributed by atoms with Crippen LogP contribution in [0.1, 0.15) is 16.7 Å². The van der Waals surface area contributed by atoms with E-state index in [1.807, 2.05) is 6.92 Å². The van der Waals surface area contributed by atoms with Crippen LogP contribution in [0.5, 0.6) is 0 Å². The molecule has 2 rings (SSSR count). The largest absolute Gasteiger partial charge is 0.277 e. The number of nitro groups is 1. The Morgan fingerprint density at radius 2 is 1.60 bits per heavy atom. The number of nitrogens with zero attached hydrogens (tertiary/aromatic N) is 3. The third-order valence-electron chi connectivity index (χ3n) is 2.65. The van der Waals surface area contributed by atoms with E-state index < -0.39 is 0 Å². The Bertz CT molecular complexity index is 562. The SMILES string of the molecule is Cc1c([N+](=O)[O-])c(C)c2nsnc2c1C. The van der Waals surface area contributed by atoms with Crippen LogP contribution in [0.2, 0.25) is 0 Å². The van der Waals surface area contributed by atoms with E-state index in [4.69, 9.17) is 0 Å². The van der Waals surface area contributed by atoms with Crippen molar-refractivity contribution in [1.29, 1.82) is 0 Å². The van der Waals surface area contributed by atoms with Gasteiger partial charge in [-0.25, -0.2) is 0 Å². The quantitative estimate of drug-likeness (QED) is 0.550. The summed E-state index contributed by atoms with van der Waals surface area (Å²) in [6, 6.07) is 0. The van der Waals surface area contributed by atoms with E-state index in [1.54, 1.807) is 13.8 Å². The Labute approximate surface area is 90.2 Å². The van der Waals surface area contributed by atoms with Gasteiger partial charge in [-0.3, -0.25) is 10.1 Å². The number of rotatable bonds is 1. The summed E-state index contributed by atoms with van der Waals surface area (Å²) in [5, 5.41) is 10.9.